The Hall–Kier alpha value is -1.26. The molecule has 0 spiro atoms. The van der Waals surface area contributed by atoms with Gasteiger partial charge in [-0.15, -0.1) is 0 Å². The Bertz CT molecular complexity index is 1140. The van der Waals surface area contributed by atoms with E-state index in [-0.39, 0.29) is 12.0 Å². The molecule has 4 unspecified atom stereocenters. The molecule has 0 amide bonds. The van der Waals surface area contributed by atoms with E-state index >= 15 is 0 Å². The van der Waals surface area contributed by atoms with Gasteiger partial charge in [0, 0.05) is 24.2 Å². The number of hydrogen-bond acceptors (Lipinski definition) is 13. The predicted octanol–water partition coefficient (Wildman–Crippen LogP) is -1.46. The molecule has 16 nitrogen and oxygen atoms in total. The molecule has 2 fully saturated rings. The van der Waals surface area contributed by atoms with Gasteiger partial charge >= 0.3 is 13.5 Å². The van der Waals surface area contributed by atoms with Gasteiger partial charge in [-0.05, 0) is 34.4 Å². The van der Waals surface area contributed by atoms with Gasteiger partial charge in [-0.3, -0.25) is 28.0 Å². The second-order valence-corrected chi connectivity index (χ2v) is 11.8. The fraction of sp³-hybridized carbons (Fsp3) is 0.778. The normalized spacial score (nSPS) is 34.4. The van der Waals surface area contributed by atoms with Crippen molar-refractivity contribution in [2.24, 2.45) is 0 Å². The fourth-order valence-corrected chi connectivity index (χ4v) is 6.05. The van der Waals surface area contributed by atoms with Crippen molar-refractivity contribution in [2.75, 3.05) is 20.7 Å². The van der Waals surface area contributed by atoms with E-state index in [9.17, 15) is 38.7 Å². The Balaban J connectivity index is 1.59. The molecule has 0 aliphatic carbocycles. The number of likely N-dealkylation sites (N-methyl/N-ethyl adjacent to an activating group) is 1. The van der Waals surface area contributed by atoms with E-state index in [0.717, 1.165) is 4.57 Å². The number of rotatable bonds is 9. The van der Waals surface area contributed by atoms with Crippen molar-refractivity contribution in [3.8, 4) is 0 Å². The van der Waals surface area contributed by atoms with Gasteiger partial charge in [0.15, 0.2) is 6.29 Å². The first-order chi connectivity index (χ1) is 16.6. The number of aromatic amines is 1. The molecule has 18 heteroatoms. The van der Waals surface area contributed by atoms with Crippen LogP contribution in [0.4, 0.5) is 0 Å². The number of aromatic nitrogens is 2. The first-order valence-electron chi connectivity index (χ1n) is 10.9. The monoisotopic (exact) mass is 558 g/mol. The molecular formula is C18H30N3O13P2-. The first kappa shape index (κ1) is 29.3. The predicted molar refractivity (Wildman–Crippen MR) is 119 cm³/mol. The molecule has 0 radical (unpaired) electrons. The minimum absolute atomic E-state index is 0.124. The minimum Gasteiger partial charge on any atom is -0.756 e. The number of aliphatic hydroxyl groups is 2. The molecule has 3 heterocycles. The Kier molecular flexibility index (Phi) is 9.14. The highest BCUT2D eigenvalue weighted by Gasteiger charge is 2.42. The summed E-state index contributed by atoms with van der Waals surface area (Å²) in [4.78, 5) is 49.5. The molecule has 2 aliphatic rings. The van der Waals surface area contributed by atoms with Crippen molar-refractivity contribution in [1.82, 2.24) is 14.5 Å². The molecule has 0 aromatic carbocycles. The highest BCUT2D eigenvalue weighted by molar-refractivity contribution is 7.60. The molecule has 4 N–H and O–H groups in total. The average Bonchev–Trinajstić information content (AvgIpc) is 3.10. The molecule has 9 atom stereocenters. The van der Waals surface area contributed by atoms with Gasteiger partial charge in [0.05, 0.1) is 18.8 Å². The summed E-state index contributed by atoms with van der Waals surface area (Å²) >= 11 is 0. The maximum absolute atomic E-state index is 12.3. The summed E-state index contributed by atoms with van der Waals surface area (Å²) in [5.74, 6) is 0. The van der Waals surface area contributed by atoms with Crippen LogP contribution in [0.15, 0.2) is 15.8 Å². The van der Waals surface area contributed by atoms with E-state index in [1.165, 1.54) is 13.1 Å². The number of phosphoric acid groups is 2. The molecule has 1 aromatic heterocycles. The number of nitrogens with zero attached hydrogens (tertiary/aromatic N) is 2. The van der Waals surface area contributed by atoms with Crippen molar-refractivity contribution in [2.45, 2.75) is 69.7 Å². The quantitative estimate of drug-likeness (QED) is 0.254. The molecule has 3 rings (SSSR count). The fourth-order valence-electron chi connectivity index (χ4n) is 3.93. The number of ether oxygens (including phenoxy) is 2. The lowest BCUT2D eigenvalue weighted by molar-refractivity contribution is -0.270. The molecule has 0 bridgehead atoms. The maximum Gasteiger partial charge on any atom is 0.478 e. The lowest BCUT2D eigenvalue weighted by Gasteiger charge is -2.42. The second kappa shape index (κ2) is 11.2. The Morgan fingerprint density at radius 3 is 2.56 bits per heavy atom. The third-order valence-electron chi connectivity index (χ3n) is 5.77. The Morgan fingerprint density at radius 2 is 1.92 bits per heavy atom. The van der Waals surface area contributed by atoms with E-state index in [4.69, 9.17) is 14.0 Å². The molecule has 206 valence electrons. The third kappa shape index (κ3) is 7.19. The molecule has 2 aliphatic heterocycles. The summed E-state index contributed by atoms with van der Waals surface area (Å²) in [5, 5.41) is 20.6. The zero-order valence-corrected chi connectivity index (χ0v) is 21.7. The first-order valence-corrected chi connectivity index (χ1v) is 13.9. The number of H-pyrrole nitrogens is 1. The highest BCUT2D eigenvalue weighted by Crippen LogP contribution is 2.59. The molecule has 2 saturated heterocycles. The number of aryl methyl sites for hydroxylation is 1. The van der Waals surface area contributed by atoms with Gasteiger partial charge in [-0.1, -0.05) is 0 Å². The number of hydrogen-bond donors (Lipinski definition) is 4. The summed E-state index contributed by atoms with van der Waals surface area (Å²) in [6, 6.07) is -0.511. The summed E-state index contributed by atoms with van der Waals surface area (Å²) < 4.78 is 49.9. The highest BCUT2D eigenvalue weighted by atomic mass is 31.3. The van der Waals surface area contributed by atoms with Crippen LogP contribution >= 0.6 is 15.6 Å². The molecular weight excluding hydrogens is 528 g/mol. The second-order valence-electron chi connectivity index (χ2n) is 8.88. The molecule has 36 heavy (non-hydrogen) atoms. The van der Waals surface area contributed by atoms with Crippen LogP contribution < -0.4 is 16.1 Å². The zero-order chi connectivity index (χ0) is 27.0. The van der Waals surface area contributed by atoms with Gasteiger partial charge in [-0.2, -0.15) is 0 Å². The van der Waals surface area contributed by atoms with Crippen molar-refractivity contribution in [3.05, 3.63) is 32.6 Å². The smallest absolute Gasteiger partial charge is 0.478 e. The van der Waals surface area contributed by atoms with Gasteiger partial charge in [0.2, 0.25) is 0 Å². The van der Waals surface area contributed by atoms with Crippen molar-refractivity contribution in [3.63, 3.8) is 0 Å². The van der Waals surface area contributed by atoms with Crippen LogP contribution in [-0.4, -0.2) is 87.0 Å². The summed E-state index contributed by atoms with van der Waals surface area (Å²) in [6.45, 7) is 2.31. The van der Waals surface area contributed by atoms with Crippen LogP contribution in [0.25, 0.3) is 0 Å². The van der Waals surface area contributed by atoms with Gasteiger partial charge in [0.25, 0.3) is 13.4 Å². The van der Waals surface area contributed by atoms with Gasteiger partial charge in [0.1, 0.15) is 18.4 Å². The lowest BCUT2D eigenvalue weighted by atomic mass is 9.99. The third-order valence-corrected chi connectivity index (χ3v) is 8.34. The van der Waals surface area contributed by atoms with Crippen LogP contribution in [0.3, 0.4) is 0 Å². The molecule has 0 saturated carbocycles. The summed E-state index contributed by atoms with van der Waals surface area (Å²) in [6.07, 6.45) is -5.62. The maximum atomic E-state index is 12.3. The van der Waals surface area contributed by atoms with Crippen LogP contribution in [0.2, 0.25) is 0 Å². The van der Waals surface area contributed by atoms with E-state index in [2.05, 4.69) is 13.8 Å². The standard InChI is InChI=1S/C18H31N3O13P2/c1-9-7-21(18(25)19-16(9)24)14-6-12(22)13(32-14)8-30-35(26,27)34-36(28,29)33-17-15(23)11(20(3)4)5-10(2)31-17/h7,10-15,17,22-23H,5-6,8H2,1-4H3,(H,26,27)(H,28,29)(H,19,24,25)/p-1/t10?,11-,12+,13+,14+,15?,17+/m0/s1. The van der Waals surface area contributed by atoms with E-state index in [1.54, 1.807) is 25.9 Å². The summed E-state index contributed by atoms with van der Waals surface area (Å²) in [5.41, 5.74) is -1.16. The number of nitrogens with one attached hydrogen (secondary N) is 1. The Labute approximate surface area is 205 Å². The van der Waals surface area contributed by atoms with E-state index in [1.807, 2.05) is 0 Å². The van der Waals surface area contributed by atoms with Gasteiger partial charge in [-0.25, -0.2) is 13.7 Å². The van der Waals surface area contributed by atoms with Crippen molar-refractivity contribution in [1.29, 1.82) is 0 Å². The van der Waals surface area contributed by atoms with E-state index in [0.29, 0.717) is 6.42 Å². The number of phosphoric ester groups is 2. The lowest BCUT2D eigenvalue weighted by Crippen LogP contribution is -2.54. The van der Waals surface area contributed by atoms with Gasteiger partial charge < -0.3 is 34.4 Å². The molecule has 1 aromatic rings. The van der Waals surface area contributed by atoms with E-state index < -0.39 is 76.5 Å². The van der Waals surface area contributed by atoms with Crippen LogP contribution in [-0.2, 0) is 32.0 Å². The van der Waals surface area contributed by atoms with Crippen molar-refractivity contribution < 1.29 is 52.0 Å². The van der Waals surface area contributed by atoms with Crippen LogP contribution in [0.5, 0.6) is 0 Å². The Morgan fingerprint density at radius 1 is 1.25 bits per heavy atom. The number of aliphatic hydroxyl groups excluding tert-OH is 2. The summed E-state index contributed by atoms with van der Waals surface area (Å²) in [7, 11) is -7.49. The van der Waals surface area contributed by atoms with Crippen LogP contribution in [0.1, 0.15) is 31.6 Å². The van der Waals surface area contributed by atoms with Crippen LogP contribution in [0, 0.1) is 6.92 Å². The average molecular weight is 558 g/mol. The largest absolute Gasteiger partial charge is 0.756 e. The SMILES string of the molecule is Cc1cn([C@H]2C[C@@H](O)[C@@H](COP(=O)(O)OP(=O)([O-])O[C@H]3OC(C)C[C@H](N(C)C)C3O)O2)c(=O)[nH]c1=O. The minimum atomic E-state index is -5.53. The topological polar surface area (TPSA) is 222 Å². The van der Waals surface area contributed by atoms with Crippen molar-refractivity contribution >= 4 is 15.6 Å². The zero-order valence-electron chi connectivity index (χ0n) is 20.0.